The van der Waals surface area contributed by atoms with Crippen LogP contribution in [0.5, 0.6) is 0 Å². The van der Waals surface area contributed by atoms with E-state index >= 15 is 0 Å². The van der Waals surface area contributed by atoms with Gasteiger partial charge < -0.3 is 14.6 Å². The largest absolute Gasteiger partial charge is 0.481 e. The maximum atomic E-state index is 11.9. The molecule has 1 unspecified atom stereocenters. The topological polar surface area (TPSA) is 107 Å². The van der Waals surface area contributed by atoms with Crippen LogP contribution in [0.15, 0.2) is 30.3 Å². The van der Waals surface area contributed by atoms with Crippen LogP contribution in [0.3, 0.4) is 0 Å². The lowest BCUT2D eigenvalue weighted by Gasteiger charge is -2.22. The number of rotatable bonds is 4. The molecule has 7 heteroatoms. The summed E-state index contributed by atoms with van der Waals surface area (Å²) in [5.74, 6) is -4.35. The maximum Gasteiger partial charge on any atom is 0.359 e. The number of carboxylic acid groups (broad SMARTS) is 1. The molecule has 0 aromatic heterocycles. The fourth-order valence-corrected chi connectivity index (χ4v) is 1.84. The Bertz CT molecular complexity index is 578. The van der Waals surface area contributed by atoms with Crippen molar-refractivity contribution in [3.63, 3.8) is 0 Å². The van der Waals surface area contributed by atoms with E-state index in [2.05, 4.69) is 4.74 Å². The van der Waals surface area contributed by atoms with Gasteiger partial charge in [-0.15, -0.1) is 0 Å². The molecule has 1 N–H and O–H groups in total. The third-order valence-corrected chi connectivity index (χ3v) is 2.74. The Labute approximate surface area is 113 Å². The van der Waals surface area contributed by atoms with Crippen molar-refractivity contribution >= 4 is 23.9 Å². The van der Waals surface area contributed by atoms with Gasteiger partial charge >= 0.3 is 23.9 Å². The van der Waals surface area contributed by atoms with Gasteiger partial charge in [-0.1, -0.05) is 18.2 Å². The number of carbonyl (C=O) groups excluding carboxylic acids is 3. The number of esters is 3. The van der Waals surface area contributed by atoms with Gasteiger partial charge in [-0.3, -0.25) is 9.59 Å². The Kier molecular flexibility index (Phi) is 3.51. The minimum atomic E-state index is -2.09. The number of carbonyl (C=O) groups is 4. The molecule has 2 rings (SSSR count). The van der Waals surface area contributed by atoms with Gasteiger partial charge in [-0.2, -0.15) is 0 Å². The van der Waals surface area contributed by atoms with Crippen molar-refractivity contribution in [2.75, 3.05) is 0 Å². The Hall–Kier alpha value is -2.70. The number of benzene rings is 1. The van der Waals surface area contributed by atoms with Gasteiger partial charge in [0.2, 0.25) is 5.60 Å². The summed E-state index contributed by atoms with van der Waals surface area (Å²) in [4.78, 5) is 45.5. The number of hydrogen-bond acceptors (Lipinski definition) is 6. The van der Waals surface area contributed by atoms with Crippen LogP contribution in [0.25, 0.3) is 0 Å². The quantitative estimate of drug-likeness (QED) is 0.632. The molecule has 1 aromatic rings. The summed E-state index contributed by atoms with van der Waals surface area (Å²) in [5.41, 5.74) is -1.94. The van der Waals surface area contributed by atoms with Crippen LogP contribution in [-0.2, 0) is 23.9 Å². The van der Waals surface area contributed by atoms with Crippen LogP contribution in [0, 0.1) is 0 Å². The second-order valence-corrected chi connectivity index (χ2v) is 4.26. The van der Waals surface area contributed by atoms with Crippen molar-refractivity contribution in [1.82, 2.24) is 0 Å². The van der Waals surface area contributed by atoms with Crippen LogP contribution < -0.4 is 0 Å². The highest BCUT2D eigenvalue weighted by Gasteiger charge is 2.54. The van der Waals surface area contributed by atoms with Gasteiger partial charge in [0.15, 0.2) is 0 Å². The van der Waals surface area contributed by atoms with Gasteiger partial charge in [-0.05, 0) is 12.1 Å². The van der Waals surface area contributed by atoms with E-state index < -0.39 is 42.3 Å². The van der Waals surface area contributed by atoms with E-state index in [-0.39, 0.29) is 5.56 Å². The van der Waals surface area contributed by atoms with Crippen LogP contribution in [0.2, 0.25) is 0 Å². The number of cyclic esters (lactones) is 2. The Morgan fingerprint density at radius 1 is 1.25 bits per heavy atom. The van der Waals surface area contributed by atoms with Crippen molar-refractivity contribution in [2.24, 2.45) is 0 Å². The van der Waals surface area contributed by atoms with Crippen molar-refractivity contribution in [2.45, 2.75) is 18.4 Å². The fourth-order valence-electron chi connectivity index (χ4n) is 1.84. The van der Waals surface area contributed by atoms with Gasteiger partial charge in [0.1, 0.15) is 0 Å². The molecule has 1 atom stereocenters. The third-order valence-electron chi connectivity index (χ3n) is 2.74. The van der Waals surface area contributed by atoms with Crippen LogP contribution >= 0.6 is 0 Å². The molecule has 1 saturated heterocycles. The van der Waals surface area contributed by atoms with Gasteiger partial charge in [0, 0.05) is 0 Å². The Morgan fingerprint density at radius 2 is 1.90 bits per heavy atom. The molecule has 1 fully saturated rings. The highest BCUT2D eigenvalue weighted by Crippen LogP contribution is 2.30. The molecule has 1 aromatic carbocycles. The molecule has 0 bridgehead atoms. The standard InChI is InChI=1S/C13H10O7/c14-9(15)6-13(7-10(16)19-12(13)18)20-11(17)8-4-2-1-3-5-8/h1-5H,6-7H2,(H,14,15). The molecule has 1 aliphatic heterocycles. The van der Waals surface area contributed by atoms with E-state index in [1.807, 2.05) is 0 Å². The van der Waals surface area contributed by atoms with Gasteiger partial charge in [-0.25, -0.2) is 9.59 Å². The van der Waals surface area contributed by atoms with E-state index in [1.165, 1.54) is 12.1 Å². The predicted molar refractivity (Wildman–Crippen MR) is 62.6 cm³/mol. The normalized spacial score (nSPS) is 21.4. The molecule has 1 aliphatic rings. The minimum absolute atomic E-state index is 0.143. The lowest BCUT2D eigenvalue weighted by molar-refractivity contribution is -0.163. The van der Waals surface area contributed by atoms with Crippen molar-refractivity contribution in [3.8, 4) is 0 Å². The van der Waals surface area contributed by atoms with Gasteiger partial charge in [0.25, 0.3) is 0 Å². The van der Waals surface area contributed by atoms with Crippen LogP contribution in [0.1, 0.15) is 23.2 Å². The van der Waals surface area contributed by atoms with Crippen molar-refractivity contribution in [1.29, 1.82) is 0 Å². The summed E-state index contributed by atoms with van der Waals surface area (Å²) in [6.07, 6.45) is -1.42. The molecule has 1 heterocycles. The first-order chi connectivity index (χ1) is 9.43. The van der Waals surface area contributed by atoms with Crippen molar-refractivity contribution < 1.29 is 33.8 Å². The van der Waals surface area contributed by atoms with E-state index in [9.17, 15) is 19.2 Å². The third kappa shape index (κ3) is 2.66. The van der Waals surface area contributed by atoms with Crippen LogP contribution in [-0.4, -0.2) is 34.6 Å². The van der Waals surface area contributed by atoms with E-state index in [0.29, 0.717) is 0 Å². The minimum Gasteiger partial charge on any atom is -0.481 e. The van der Waals surface area contributed by atoms with Gasteiger partial charge in [0.05, 0.1) is 18.4 Å². The average Bonchev–Trinajstić information content (AvgIpc) is 2.64. The molecular weight excluding hydrogens is 268 g/mol. The zero-order valence-electron chi connectivity index (χ0n) is 10.2. The zero-order chi connectivity index (χ0) is 14.8. The molecule has 0 radical (unpaired) electrons. The molecule has 0 aliphatic carbocycles. The molecule has 0 spiro atoms. The molecule has 0 amide bonds. The fraction of sp³-hybridized carbons (Fsp3) is 0.231. The summed E-state index contributed by atoms with van der Waals surface area (Å²) in [7, 11) is 0. The lowest BCUT2D eigenvalue weighted by Crippen LogP contribution is -2.42. The molecule has 7 nitrogen and oxygen atoms in total. The first kappa shape index (κ1) is 13.7. The monoisotopic (exact) mass is 278 g/mol. The number of carboxylic acids is 1. The highest BCUT2D eigenvalue weighted by atomic mass is 16.6. The SMILES string of the molecule is O=C(O)CC1(OC(=O)c2ccccc2)CC(=O)OC1=O. The number of ether oxygens (including phenoxy) is 2. The summed E-state index contributed by atoms with van der Waals surface area (Å²) >= 11 is 0. The number of aliphatic carboxylic acids is 1. The average molecular weight is 278 g/mol. The van der Waals surface area contributed by atoms with E-state index in [4.69, 9.17) is 9.84 Å². The zero-order valence-corrected chi connectivity index (χ0v) is 10.2. The second-order valence-electron chi connectivity index (χ2n) is 4.26. The van der Waals surface area contributed by atoms with Crippen LogP contribution in [0.4, 0.5) is 0 Å². The second kappa shape index (κ2) is 5.12. The maximum absolute atomic E-state index is 11.9. The molecule has 20 heavy (non-hydrogen) atoms. The summed E-state index contributed by atoms with van der Waals surface area (Å²) < 4.78 is 9.26. The Morgan fingerprint density at radius 3 is 2.40 bits per heavy atom. The van der Waals surface area contributed by atoms with E-state index in [1.54, 1.807) is 18.2 Å². The first-order valence-electron chi connectivity index (χ1n) is 5.68. The molecular formula is C13H10O7. The smallest absolute Gasteiger partial charge is 0.359 e. The lowest BCUT2D eigenvalue weighted by atomic mass is 9.97. The Balaban J connectivity index is 2.25. The number of hydrogen-bond donors (Lipinski definition) is 1. The summed E-state index contributed by atoms with van der Waals surface area (Å²) in [6.45, 7) is 0. The summed E-state index contributed by atoms with van der Waals surface area (Å²) in [6, 6.07) is 7.73. The highest BCUT2D eigenvalue weighted by molar-refractivity contribution is 6.03. The summed E-state index contributed by atoms with van der Waals surface area (Å²) in [5, 5.41) is 8.82. The first-order valence-corrected chi connectivity index (χ1v) is 5.68. The molecule has 104 valence electrons. The predicted octanol–water partition coefficient (Wildman–Crippen LogP) is 0.530. The van der Waals surface area contributed by atoms with Crippen molar-refractivity contribution in [3.05, 3.63) is 35.9 Å². The molecule has 0 saturated carbocycles. The van der Waals surface area contributed by atoms with E-state index in [0.717, 1.165) is 0 Å².